The van der Waals surface area contributed by atoms with E-state index in [1.165, 1.54) is 0 Å². The molecule has 0 aliphatic heterocycles. The average molecular weight is 347 g/mol. The number of hydrogen-bond donors (Lipinski definition) is 3. The third kappa shape index (κ3) is 5.56. The molecule has 0 saturated heterocycles. The minimum absolute atomic E-state index is 0.119. The molecule has 0 unspecified atom stereocenters. The molecule has 138 valence electrons. The predicted octanol–water partition coefficient (Wildman–Crippen LogP) is 3.81. The monoisotopic (exact) mass is 347 g/mol. The average Bonchev–Trinajstić information content (AvgIpc) is 2.49. The molecule has 0 aromatic carbocycles. The van der Waals surface area contributed by atoms with Crippen LogP contribution in [0.25, 0.3) is 0 Å². The molecule has 0 bridgehead atoms. The van der Waals surface area contributed by atoms with Crippen LogP contribution in [0.3, 0.4) is 0 Å². The minimum atomic E-state index is -0.691. The molecule has 0 atom stereocenters. The van der Waals surface area contributed by atoms with Crippen LogP contribution in [0.1, 0.15) is 58.6 Å². The van der Waals surface area contributed by atoms with Gasteiger partial charge in [-0.3, -0.25) is 0 Å². The smallest absolute Gasteiger partial charge is 0.430 e. The van der Waals surface area contributed by atoms with Gasteiger partial charge in [0.15, 0.2) is 5.82 Å². The highest BCUT2D eigenvalue weighted by Gasteiger charge is 2.25. The third-order valence-corrected chi connectivity index (χ3v) is 3.28. The van der Waals surface area contributed by atoms with Crippen molar-refractivity contribution in [2.75, 3.05) is 16.9 Å². The molecule has 1 heterocycles. The molecule has 1 amide bonds. The normalized spacial score (nSPS) is 11.2. The Kier molecular flexibility index (Phi) is 6.70. The fourth-order valence-corrected chi connectivity index (χ4v) is 2.22. The lowest BCUT2D eigenvalue weighted by atomic mass is 9.95. The number of hydrazine groups is 1. The van der Waals surface area contributed by atoms with E-state index in [2.05, 4.69) is 16.9 Å². The fraction of sp³-hybridized carbons (Fsp3) is 0.500. The standard InChI is InChI=1S/C18H29N5O2/c1-8-9-21-16-15(12(4)19)13(11(2)3)10-14(22-16)23(20)17(24)25-18(5,6)7/h8,10-11,19H,1,9,20H2,2-7H3,(H,21,22). The van der Waals surface area contributed by atoms with Gasteiger partial charge in [0.1, 0.15) is 11.4 Å². The van der Waals surface area contributed by atoms with Crippen molar-refractivity contribution in [1.82, 2.24) is 4.98 Å². The van der Waals surface area contributed by atoms with E-state index in [4.69, 9.17) is 16.0 Å². The van der Waals surface area contributed by atoms with Gasteiger partial charge in [-0.15, -0.1) is 6.58 Å². The van der Waals surface area contributed by atoms with E-state index in [-0.39, 0.29) is 11.7 Å². The van der Waals surface area contributed by atoms with E-state index >= 15 is 0 Å². The van der Waals surface area contributed by atoms with Gasteiger partial charge in [-0.1, -0.05) is 19.9 Å². The molecule has 25 heavy (non-hydrogen) atoms. The maximum atomic E-state index is 12.2. The van der Waals surface area contributed by atoms with Crippen molar-refractivity contribution in [3.05, 3.63) is 29.8 Å². The van der Waals surface area contributed by atoms with Crippen LogP contribution in [-0.4, -0.2) is 28.9 Å². The molecule has 1 rings (SSSR count). The zero-order valence-corrected chi connectivity index (χ0v) is 15.9. The van der Waals surface area contributed by atoms with Gasteiger partial charge in [-0.05, 0) is 45.2 Å². The van der Waals surface area contributed by atoms with E-state index in [9.17, 15) is 4.79 Å². The third-order valence-electron chi connectivity index (χ3n) is 3.28. The lowest BCUT2D eigenvalue weighted by molar-refractivity contribution is 0.0579. The van der Waals surface area contributed by atoms with Gasteiger partial charge >= 0.3 is 6.09 Å². The summed E-state index contributed by atoms with van der Waals surface area (Å²) in [4.78, 5) is 16.7. The Balaban J connectivity index is 3.41. The van der Waals surface area contributed by atoms with Gasteiger partial charge in [-0.2, -0.15) is 5.01 Å². The molecule has 0 aliphatic rings. The largest absolute Gasteiger partial charge is 0.442 e. The van der Waals surface area contributed by atoms with Crippen LogP contribution < -0.4 is 16.2 Å². The molecule has 7 nitrogen and oxygen atoms in total. The number of anilines is 2. The van der Waals surface area contributed by atoms with E-state index in [1.807, 2.05) is 13.8 Å². The maximum Gasteiger partial charge on any atom is 0.430 e. The molecule has 4 N–H and O–H groups in total. The molecule has 0 spiro atoms. The van der Waals surface area contributed by atoms with Crippen LogP contribution in [0, 0.1) is 5.41 Å². The number of nitrogens with two attached hydrogens (primary N) is 1. The molecular weight excluding hydrogens is 318 g/mol. The molecular formula is C18H29N5O2. The molecule has 0 fully saturated rings. The van der Waals surface area contributed by atoms with Crippen LogP contribution in [-0.2, 0) is 4.74 Å². The van der Waals surface area contributed by atoms with Gasteiger partial charge in [0.25, 0.3) is 0 Å². The van der Waals surface area contributed by atoms with Gasteiger partial charge < -0.3 is 15.5 Å². The minimum Gasteiger partial charge on any atom is -0.442 e. The van der Waals surface area contributed by atoms with Crippen molar-refractivity contribution >= 4 is 23.4 Å². The number of nitrogens with zero attached hydrogens (tertiary/aromatic N) is 2. The summed E-state index contributed by atoms with van der Waals surface area (Å²) in [6.45, 7) is 15.2. The van der Waals surface area contributed by atoms with Crippen molar-refractivity contribution in [2.45, 2.75) is 53.1 Å². The molecule has 0 saturated carbocycles. The Bertz CT molecular complexity index is 662. The summed E-state index contributed by atoms with van der Waals surface area (Å²) in [5.41, 5.74) is 1.31. The van der Waals surface area contributed by atoms with Gasteiger partial charge in [-0.25, -0.2) is 15.6 Å². The number of hydrogen-bond acceptors (Lipinski definition) is 6. The zero-order valence-electron chi connectivity index (χ0n) is 15.9. The fourth-order valence-electron chi connectivity index (χ4n) is 2.22. The topological polar surface area (TPSA) is 104 Å². The molecule has 0 radical (unpaired) electrons. The van der Waals surface area contributed by atoms with Crippen LogP contribution in [0.15, 0.2) is 18.7 Å². The SMILES string of the molecule is C=CCNc1nc(N(N)C(=O)OC(C)(C)C)cc(C(C)C)c1C(C)=N. The number of rotatable bonds is 6. The number of amides is 1. The predicted molar refractivity (Wildman–Crippen MR) is 102 cm³/mol. The first-order valence-corrected chi connectivity index (χ1v) is 8.21. The first kappa shape index (κ1) is 20.6. The van der Waals surface area contributed by atoms with Crippen molar-refractivity contribution in [1.29, 1.82) is 5.41 Å². The zero-order chi connectivity index (χ0) is 19.4. The van der Waals surface area contributed by atoms with Crippen LogP contribution in [0.4, 0.5) is 16.4 Å². The highest BCUT2D eigenvalue weighted by Crippen LogP contribution is 2.29. The Morgan fingerprint density at radius 3 is 2.56 bits per heavy atom. The van der Waals surface area contributed by atoms with Gasteiger partial charge in [0, 0.05) is 17.8 Å². The molecule has 7 heteroatoms. The number of pyridine rings is 1. The first-order valence-electron chi connectivity index (χ1n) is 8.21. The lowest BCUT2D eigenvalue weighted by Gasteiger charge is -2.25. The Hall–Kier alpha value is -2.41. The summed E-state index contributed by atoms with van der Waals surface area (Å²) in [6.07, 6.45) is 1.00. The summed E-state index contributed by atoms with van der Waals surface area (Å²) in [6, 6.07) is 1.72. The number of ether oxygens (including phenoxy) is 1. The van der Waals surface area contributed by atoms with Crippen molar-refractivity contribution in [2.24, 2.45) is 5.84 Å². The Morgan fingerprint density at radius 1 is 1.52 bits per heavy atom. The van der Waals surface area contributed by atoms with E-state index in [0.29, 0.717) is 23.6 Å². The number of aromatic nitrogens is 1. The van der Waals surface area contributed by atoms with E-state index in [0.717, 1.165) is 10.6 Å². The second-order valence-electron chi connectivity index (χ2n) is 7.09. The number of carbonyl (C=O) groups excluding carboxylic acids is 1. The second kappa shape index (κ2) is 8.11. The summed E-state index contributed by atoms with van der Waals surface area (Å²) in [5.74, 6) is 6.80. The molecule has 1 aromatic rings. The van der Waals surface area contributed by atoms with Crippen LogP contribution in [0.5, 0.6) is 0 Å². The highest BCUT2D eigenvalue weighted by atomic mass is 16.6. The van der Waals surface area contributed by atoms with Crippen molar-refractivity contribution in [3.63, 3.8) is 0 Å². The Labute approximate surface area is 149 Å². The van der Waals surface area contributed by atoms with E-state index in [1.54, 1.807) is 39.8 Å². The van der Waals surface area contributed by atoms with Crippen molar-refractivity contribution < 1.29 is 9.53 Å². The lowest BCUT2D eigenvalue weighted by Crippen LogP contribution is -2.42. The summed E-state index contributed by atoms with van der Waals surface area (Å²) >= 11 is 0. The first-order chi connectivity index (χ1) is 11.5. The summed E-state index contributed by atoms with van der Waals surface area (Å²) in [7, 11) is 0. The Morgan fingerprint density at radius 2 is 2.12 bits per heavy atom. The maximum absolute atomic E-state index is 12.2. The second-order valence-corrected chi connectivity index (χ2v) is 7.09. The van der Waals surface area contributed by atoms with E-state index < -0.39 is 11.7 Å². The number of nitrogens with one attached hydrogen (secondary N) is 2. The van der Waals surface area contributed by atoms with Crippen LogP contribution >= 0.6 is 0 Å². The van der Waals surface area contributed by atoms with Gasteiger partial charge in [0.05, 0.1) is 0 Å². The van der Waals surface area contributed by atoms with Crippen LogP contribution in [0.2, 0.25) is 0 Å². The summed E-state index contributed by atoms with van der Waals surface area (Å²) in [5, 5.41) is 12.1. The highest BCUT2D eigenvalue weighted by molar-refractivity contribution is 6.03. The van der Waals surface area contributed by atoms with Crippen molar-refractivity contribution in [3.8, 4) is 0 Å². The quantitative estimate of drug-likeness (QED) is 0.239. The van der Waals surface area contributed by atoms with Gasteiger partial charge in [0.2, 0.25) is 0 Å². The molecule has 1 aromatic heterocycles. The number of carbonyl (C=O) groups is 1. The molecule has 0 aliphatic carbocycles. The summed E-state index contributed by atoms with van der Waals surface area (Å²) < 4.78 is 5.30.